The van der Waals surface area contributed by atoms with Gasteiger partial charge in [0.1, 0.15) is 6.54 Å². The van der Waals surface area contributed by atoms with Crippen LogP contribution in [0.5, 0.6) is 0 Å². The average molecular weight is 287 g/mol. The molecule has 0 spiro atoms. The molecule has 1 saturated carbocycles. The third kappa shape index (κ3) is 3.49. The van der Waals surface area contributed by atoms with E-state index in [1.165, 1.54) is 24.3 Å². The van der Waals surface area contributed by atoms with Crippen molar-refractivity contribution < 1.29 is 27.9 Å². The Morgan fingerprint density at radius 3 is 2.05 bits per heavy atom. The number of amides is 1. The molecule has 0 unspecified atom stereocenters. The Labute approximate surface area is 112 Å². The summed E-state index contributed by atoms with van der Waals surface area (Å²) in [6.45, 7) is -1.28. The van der Waals surface area contributed by atoms with Gasteiger partial charge in [-0.25, -0.2) is 4.79 Å². The Balaban J connectivity index is 2.17. The number of hydrogen-bond donors (Lipinski definition) is 1. The van der Waals surface area contributed by atoms with Crippen LogP contribution < -0.4 is 0 Å². The molecule has 7 heteroatoms. The zero-order valence-electron chi connectivity index (χ0n) is 10.4. The van der Waals surface area contributed by atoms with Crippen molar-refractivity contribution in [1.82, 2.24) is 4.90 Å². The zero-order chi connectivity index (χ0) is 14.9. The molecule has 0 bridgehead atoms. The summed E-state index contributed by atoms with van der Waals surface area (Å²) in [5, 5.41) is 8.73. The van der Waals surface area contributed by atoms with E-state index < -0.39 is 24.6 Å². The van der Waals surface area contributed by atoms with Gasteiger partial charge in [0.2, 0.25) is 0 Å². The Hall–Kier alpha value is -2.05. The second kappa shape index (κ2) is 5.15. The molecule has 1 aromatic carbocycles. The van der Waals surface area contributed by atoms with Crippen LogP contribution in [0.2, 0.25) is 0 Å². The summed E-state index contributed by atoms with van der Waals surface area (Å²) in [6, 6.07) is 4.50. The number of nitrogens with zero attached hydrogens (tertiary/aromatic N) is 1. The number of halogens is 3. The zero-order valence-corrected chi connectivity index (χ0v) is 10.4. The molecule has 0 heterocycles. The maximum absolute atomic E-state index is 12.5. The highest BCUT2D eigenvalue weighted by molar-refractivity contribution is 5.96. The molecule has 4 nitrogen and oxygen atoms in total. The molecule has 0 saturated heterocycles. The molecule has 0 atom stereocenters. The van der Waals surface area contributed by atoms with E-state index in [0.29, 0.717) is 12.8 Å². The fraction of sp³-hybridized carbons (Fsp3) is 0.385. The standard InChI is InChI=1S/C13H12F3NO3/c14-13(15,16)7-17(10-5-6-10)11(18)8-1-3-9(4-2-8)12(19)20/h1-4,10H,5-7H2,(H,19,20). The highest BCUT2D eigenvalue weighted by Crippen LogP contribution is 2.31. The number of hydrogen-bond acceptors (Lipinski definition) is 2. The van der Waals surface area contributed by atoms with Crippen molar-refractivity contribution in [2.45, 2.75) is 25.1 Å². The summed E-state index contributed by atoms with van der Waals surface area (Å²) in [7, 11) is 0. The second-order valence-corrected chi connectivity index (χ2v) is 4.66. The molecule has 1 aliphatic carbocycles. The van der Waals surface area contributed by atoms with Crippen LogP contribution >= 0.6 is 0 Å². The number of carbonyl (C=O) groups excluding carboxylic acids is 1. The van der Waals surface area contributed by atoms with Crippen molar-refractivity contribution in [2.24, 2.45) is 0 Å². The summed E-state index contributed by atoms with van der Waals surface area (Å²) < 4.78 is 37.4. The number of alkyl halides is 3. The van der Waals surface area contributed by atoms with E-state index in [2.05, 4.69) is 0 Å². The summed E-state index contributed by atoms with van der Waals surface area (Å²) in [6.07, 6.45) is -3.32. The molecular formula is C13H12F3NO3. The highest BCUT2D eigenvalue weighted by Gasteiger charge is 2.40. The molecule has 1 fully saturated rings. The lowest BCUT2D eigenvalue weighted by atomic mass is 10.1. The van der Waals surface area contributed by atoms with E-state index in [-0.39, 0.29) is 17.2 Å². The fourth-order valence-corrected chi connectivity index (χ4v) is 1.87. The number of aromatic carboxylic acids is 1. The van der Waals surface area contributed by atoms with E-state index in [9.17, 15) is 22.8 Å². The van der Waals surface area contributed by atoms with E-state index in [0.717, 1.165) is 4.90 Å². The maximum Gasteiger partial charge on any atom is 0.406 e. The molecule has 0 aliphatic heterocycles. The lowest BCUT2D eigenvalue weighted by Gasteiger charge is -2.23. The van der Waals surface area contributed by atoms with Crippen molar-refractivity contribution >= 4 is 11.9 Å². The van der Waals surface area contributed by atoms with Gasteiger partial charge in [-0.3, -0.25) is 4.79 Å². The lowest BCUT2D eigenvalue weighted by Crippen LogP contribution is -2.40. The fourth-order valence-electron chi connectivity index (χ4n) is 1.87. The third-order valence-electron chi connectivity index (χ3n) is 2.98. The molecule has 0 aromatic heterocycles. The van der Waals surface area contributed by atoms with Gasteiger partial charge in [0.15, 0.2) is 0 Å². The van der Waals surface area contributed by atoms with E-state index >= 15 is 0 Å². The van der Waals surface area contributed by atoms with Gasteiger partial charge in [-0.05, 0) is 37.1 Å². The van der Waals surface area contributed by atoms with Gasteiger partial charge >= 0.3 is 12.1 Å². The van der Waals surface area contributed by atoms with Crippen LogP contribution in [0, 0.1) is 0 Å². The van der Waals surface area contributed by atoms with Crippen LogP contribution in [-0.4, -0.2) is 40.6 Å². The van der Waals surface area contributed by atoms with Crippen molar-refractivity contribution in [3.63, 3.8) is 0 Å². The monoisotopic (exact) mass is 287 g/mol. The first-order chi connectivity index (χ1) is 9.28. The Bertz CT molecular complexity index is 521. The highest BCUT2D eigenvalue weighted by atomic mass is 19.4. The number of carboxylic acid groups (broad SMARTS) is 1. The topological polar surface area (TPSA) is 57.6 Å². The van der Waals surface area contributed by atoms with E-state index in [4.69, 9.17) is 5.11 Å². The summed E-state index contributed by atoms with van der Waals surface area (Å²) in [5.41, 5.74) is 0.0430. The molecule has 108 valence electrons. The second-order valence-electron chi connectivity index (χ2n) is 4.66. The number of carbonyl (C=O) groups is 2. The normalized spacial score (nSPS) is 14.9. The molecule has 1 aliphatic rings. The predicted octanol–water partition coefficient (Wildman–Crippen LogP) is 2.55. The minimum atomic E-state index is -4.45. The van der Waals surface area contributed by atoms with Gasteiger partial charge in [-0.15, -0.1) is 0 Å². The summed E-state index contributed by atoms with van der Waals surface area (Å²) in [4.78, 5) is 23.5. The number of rotatable bonds is 4. The molecule has 1 amide bonds. The minimum Gasteiger partial charge on any atom is -0.478 e. The van der Waals surface area contributed by atoms with Crippen molar-refractivity contribution in [3.05, 3.63) is 35.4 Å². The molecule has 0 radical (unpaired) electrons. The Kier molecular flexibility index (Phi) is 3.69. The minimum absolute atomic E-state index is 0.0182. The SMILES string of the molecule is O=C(O)c1ccc(C(=O)N(CC(F)(F)F)C2CC2)cc1. The molecule has 1 aromatic rings. The van der Waals surface area contributed by atoms with Crippen LogP contribution in [0.3, 0.4) is 0 Å². The number of benzene rings is 1. The molecule has 1 N–H and O–H groups in total. The van der Waals surface area contributed by atoms with Gasteiger partial charge in [0.25, 0.3) is 5.91 Å². The van der Waals surface area contributed by atoms with E-state index in [1.807, 2.05) is 0 Å². The van der Waals surface area contributed by atoms with Crippen LogP contribution in [0.1, 0.15) is 33.6 Å². The third-order valence-corrected chi connectivity index (χ3v) is 2.98. The molecule has 2 rings (SSSR count). The van der Waals surface area contributed by atoms with Crippen LogP contribution in [0.25, 0.3) is 0 Å². The van der Waals surface area contributed by atoms with Crippen LogP contribution in [0.4, 0.5) is 13.2 Å². The molecule has 20 heavy (non-hydrogen) atoms. The Morgan fingerprint density at radius 2 is 1.65 bits per heavy atom. The first-order valence-electron chi connectivity index (χ1n) is 5.99. The van der Waals surface area contributed by atoms with E-state index in [1.54, 1.807) is 0 Å². The van der Waals surface area contributed by atoms with Crippen molar-refractivity contribution in [2.75, 3.05) is 6.54 Å². The predicted molar refractivity (Wildman–Crippen MR) is 63.5 cm³/mol. The summed E-state index contributed by atoms with van der Waals surface area (Å²) in [5.74, 6) is -1.87. The largest absolute Gasteiger partial charge is 0.478 e. The van der Waals surface area contributed by atoms with Crippen molar-refractivity contribution in [3.8, 4) is 0 Å². The van der Waals surface area contributed by atoms with Crippen LogP contribution in [0.15, 0.2) is 24.3 Å². The first kappa shape index (κ1) is 14.4. The smallest absolute Gasteiger partial charge is 0.406 e. The van der Waals surface area contributed by atoms with Gasteiger partial charge in [0, 0.05) is 11.6 Å². The van der Waals surface area contributed by atoms with Gasteiger partial charge in [-0.2, -0.15) is 13.2 Å². The van der Waals surface area contributed by atoms with Crippen LogP contribution in [-0.2, 0) is 0 Å². The lowest BCUT2D eigenvalue weighted by molar-refractivity contribution is -0.141. The average Bonchev–Trinajstić information content (AvgIpc) is 3.18. The van der Waals surface area contributed by atoms with Gasteiger partial charge < -0.3 is 10.0 Å². The molecular weight excluding hydrogens is 275 g/mol. The summed E-state index contributed by atoms with van der Waals surface area (Å²) >= 11 is 0. The first-order valence-corrected chi connectivity index (χ1v) is 5.99. The quantitative estimate of drug-likeness (QED) is 0.926. The van der Waals surface area contributed by atoms with Gasteiger partial charge in [0.05, 0.1) is 5.56 Å². The van der Waals surface area contributed by atoms with Crippen molar-refractivity contribution in [1.29, 1.82) is 0 Å². The maximum atomic E-state index is 12.5. The Morgan fingerprint density at radius 1 is 1.15 bits per heavy atom. The number of carboxylic acids is 1. The van der Waals surface area contributed by atoms with Gasteiger partial charge in [-0.1, -0.05) is 0 Å².